The van der Waals surface area contributed by atoms with Crippen molar-refractivity contribution in [3.8, 4) is 5.75 Å². The van der Waals surface area contributed by atoms with Crippen LogP contribution in [-0.4, -0.2) is 21.7 Å². The summed E-state index contributed by atoms with van der Waals surface area (Å²) in [5.74, 6) is 1.52. The maximum Gasteiger partial charge on any atom is 0.133 e. The van der Waals surface area contributed by atoms with Gasteiger partial charge in [-0.1, -0.05) is 15.9 Å². The molecule has 1 aromatic carbocycles. The van der Waals surface area contributed by atoms with E-state index in [0.717, 1.165) is 33.2 Å². The Hall–Kier alpha value is -1.36. The van der Waals surface area contributed by atoms with Crippen LogP contribution in [0.1, 0.15) is 31.9 Å². The van der Waals surface area contributed by atoms with E-state index in [2.05, 4.69) is 28.0 Å². The molecular weight excluding hydrogens is 332 g/mol. The zero-order chi connectivity index (χ0) is 15.1. The number of ketones is 1. The lowest BCUT2D eigenvalue weighted by Crippen LogP contribution is -2.21. The number of halogens is 1. The van der Waals surface area contributed by atoms with Crippen LogP contribution in [0.2, 0.25) is 0 Å². The van der Waals surface area contributed by atoms with Gasteiger partial charge in [-0.2, -0.15) is 5.10 Å². The number of hydrogen-bond donors (Lipinski definition) is 0. The number of Topliss-reactive ketones (excluding diaryl/α,β-unsaturated/α-hetero) is 1. The molecular formula is C16H19BrN2O2. The van der Waals surface area contributed by atoms with Gasteiger partial charge in [0.2, 0.25) is 0 Å². The van der Waals surface area contributed by atoms with Crippen LogP contribution in [0.5, 0.6) is 5.75 Å². The summed E-state index contributed by atoms with van der Waals surface area (Å²) in [7, 11) is 1.94. The van der Waals surface area contributed by atoms with Gasteiger partial charge in [-0.05, 0) is 32.4 Å². The summed E-state index contributed by atoms with van der Waals surface area (Å²) >= 11 is 3.52. The molecule has 5 heteroatoms. The lowest BCUT2D eigenvalue weighted by atomic mass is 10.0. The molecule has 21 heavy (non-hydrogen) atoms. The van der Waals surface area contributed by atoms with E-state index in [-0.39, 0.29) is 6.10 Å². The second kappa shape index (κ2) is 5.44. The lowest BCUT2D eigenvalue weighted by Gasteiger charge is -2.21. The summed E-state index contributed by atoms with van der Waals surface area (Å²) in [4.78, 5) is 11.5. The minimum absolute atomic E-state index is 0.0357. The molecule has 0 amide bonds. The van der Waals surface area contributed by atoms with Crippen LogP contribution in [0, 0.1) is 12.8 Å². The van der Waals surface area contributed by atoms with Crippen LogP contribution in [0.25, 0.3) is 10.9 Å². The number of aromatic nitrogens is 2. The van der Waals surface area contributed by atoms with Crippen molar-refractivity contribution in [3.05, 3.63) is 22.3 Å². The highest BCUT2D eigenvalue weighted by Gasteiger charge is 2.28. The first kappa shape index (κ1) is 14.6. The van der Waals surface area contributed by atoms with E-state index in [4.69, 9.17) is 4.74 Å². The number of carbonyl (C=O) groups excluding carboxylic acids is 1. The molecule has 0 bridgehead atoms. The highest BCUT2D eigenvalue weighted by Crippen LogP contribution is 2.35. The molecule has 0 aliphatic heterocycles. The Morgan fingerprint density at radius 3 is 2.90 bits per heavy atom. The van der Waals surface area contributed by atoms with E-state index in [9.17, 15) is 4.79 Å². The summed E-state index contributed by atoms with van der Waals surface area (Å²) in [6.45, 7) is 4.10. The Kier molecular flexibility index (Phi) is 3.78. The number of hydrogen-bond acceptors (Lipinski definition) is 3. The molecule has 3 rings (SSSR count). The minimum Gasteiger partial charge on any atom is -0.490 e. The third kappa shape index (κ3) is 2.71. The van der Waals surface area contributed by atoms with E-state index in [1.807, 2.05) is 30.8 Å². The highest BCUT2D eigenvalue weighted by atomic mass is 79.9. The van der Waals surface area contributed by atoms with Crippen molar-refractivity contribution < 1.29 is 9.53 Å². The largest absolute Gasteiger partial charge is 0.490 e. The smallest absolute Gasteiger partial charge is 0.133 e. The Bertz CT molecular complexity index is 708. The molecule has 1 saturated carbocycles. The van der Waals surface area contributed by atoms with Crippen molar-refractivity contribution in [2.75, 3.05) is 0 Å². The van der Waals surface area contributed by atoms with Gasteiger partial charge in [-0.3, -0.25) is 9.48 Å². The Morgan fingerprint density at radius 2 is 2.24 bits per heavy atom. The molecule has 1 fully saturated rings. The van der Waals surface area contributed by atoms with Gasteiger partial charge in [0, 0.05) is 36.0 Å². The number of benzene rings is 1. The molecule has 0 unspecified atom stereocenters. The molecule has 0 saturated heterocycles. The van der Waals surface area contributed by atoms with Crippen molar-refractivity contribution in [2.24, 2.45) is 13.0 Å². The molecule has 2 aromatic rings. The Balaban J connectivity index is 1.94. The van der Waals surface area contributed by atoms with Gasteiger partial charge >= 0.3 is 0 Å². The number of nitrogens with zero attached hydrogens (tertiary/aromatic N) is 2. The molecule has 1 aliphatic rings. The summed E-state index contributed by atoms with van der Waals surface area (Å²) in [5.41, 5.74) is 2.01. The van der Waals surface area contributed by atoms with E-state index < -0.39 is 0 Å². The van der Waals surface area contributed by atoms with Crippen molar-refractivity contribution in [1.29, 1.82) is 0 Å². The monoisotopic (exact) mass is 350 g/mol. The predicted molar refractivity (Wildman–Crippen MR) is 85.6 cm³/mol. The van der Waals surface area contributed by atoms with Gasteiger partial charge in [-0.15, -0.1) is 0 Å². The summed E-state index contributed by atoms with van der Waals surface area (Å²) in [5, 5.41) is 5.56. The SMILES string of the molecule is Cc1c2c(O[C@H](C)[C@H]3CCC(=O)C3)cc(Br)cc2nn1C. The molecule has 0 N–H and O–H groups in total. The zero-order valence-corrected chi connectivity index (χ0v) is 14.1. The van der Waals surface area contributed by atoms with Crippen molar-refractivity contribution in [1.82, 2.24) is 9.78 Å². The molecule has 0 radical (unpaired) electrons. The Morgan fingerprint density at radius 1 is 1.48 bits per heavy atom. The molecule has 112 valence electrons. The average molecular weight is 351 g/mol. The van der Waals surface area contributed by atoms with Crippen LogP contribution in [0.15, 0.2) is 16.6 Å². The fourth-order valence-corrected chi connectivity index (χ4v) is 3.47. The fourth-order valence-electron chi connectivity index (χ4n) is 3.04. The van der Waals surface area contributed by atoms with E-state index >= 15 is 0 Å². The van der Waals surface area contributed by atoms with Gasteiger partial charge in [0.1, 0.15) is 11.5 Å². The second-order valence-corrected chi connectivity index (χ2v) is 6.79. The number of fused-ring (bicyclic) bond motifs is 1. The van der Waals surface area contributed by atoms with Crippen LogP contribution < -0.4 is 4.74 Å². The number of aryl methyl sites for hydroxylation is 2. The number of rotatable bonds is 3. The van der Waals surface area contributed by atoms with Crippen molar-refractivity contribution in [2.45, 2.75) is 39.2 Å². The molecule has 4 nitrogen and oxygen atoms in total. The topological polar surface area (TPSA) is 44.1 Å². The lowest BCUT2D eigenvalue weighted by molar-refractivity contribution is -0.117. The Labute approximate surface area is 132 Å². The summed E-state index contributed by atoms with van der Waals surface area (Å²) < 4.78 is 9.02. The quantitative estimate of drug-likeness (QED) is 0.845. The molecule has 1 heterocycles. The standard InChI is InChI=1S/C16H19BrN2O2/c1-9-16-14(18-19(9)3)7-12(17)8-15(16)21-10(2)11-4-5-13(20)6-11/h7-8,10-11H,4-6H2,1-3H3/t10-,11+/m1/s1. The van der Waals surface area contributed by atoms with Gasteiger partial charge in [0.15, 0.2) is 0 Å². The number of carbonyl (C=O) groups is 1. The van der Waals surface area contributed by atoms with Crippen molar-refractivity contribution in [3.63, 3.8) is 0 Å². The van der Waals surface area contributed by atoms with Crippen LogP contribution in [0.4, 0.5) is 0 Å². The predicted octanol–water partition coefficient (Wildman–Crippen LogP) is 3.78. The van der Waals surface area contributed by atoms with Gasteiger partial charge < -0.3 is 4.74 Å². The first-order valence-corrected chi connectivity index (χ1v) is 8.06. The van der Waals surface area contributed by atoms with E-state index in [1.165, 1.54) is 0 Å². The maximum absolute atomic E-state index is 11.5. The average Bonchev–Trinajstić information content (AvgIpc) is 2.95. The van der Waals surface area contributed by atoms with Crippen molar-refractivity contribution >= 4 is 32.6 Å². The normalized spacial score (nSPS) is 20.2. The third-order valence-electron chi connectivity index (χ3n) is 4.41. The zero-order valence-electron chi connectivity index (χ0n) is 12.5. The van der Waals surface area contributed by atoms with E-state index in [1.54, 1.807) is 0 Å². The molecule has 1 aromatic heterocycles. The van der Waals surface area contributed by atoms with Gasteiger partial charge in [-0.25, -0.2) is 0 Å². The highest BCUT2D eigenvalue weighted by molar-refractivity contribution is 9.10. The molecule has 1 aliphatic carbocycles. The van der Waals surface area contributed by atoms with Gasteiger partial charge in [0.05, 0.1) is 17.0 Å². The minimum atomic E-state index is 0.0357. The van der Waals surface area contributed by atoms with Crippen LogP contribution in [-0.2, 0) is 11.8 Å². The third-order valence-corrected chi connectivity index (χ3v) is 4.87. The van der Waals surface area contributed by atoms with Gasteiger partial charge in [0.25, 0.3) is 0 Å². The maximum atomic E-state index is 11.5. The van der Waals surface area contributed by atoms with E-state index in [0.29, 0.717) is 24.5 Å². The van der Waals surface area contributed by atoms with Crippen LogP contribution in [0.3, 0.4) is 0 Å². The second-order valence-electron chi connectivity index (χ2n) is 5.87. The first-order valence-electron chi connectivity index (χ1n) is 7.27. The summed E-state index contributed by atoms with van der Waals surface area (Å²) in [6.07, 6.45) is 2.31. The van der Waals surface area contributed by atoms with Crippen LogP contribution >= 0.6 is 15.9 Å². The fraction of sp³-hybridized carbons (Fsp3) is 0.500. The molecule has 0 spiro atoms. The first-order chi connectivity index (χ1) is 9.95. The molecule has 2 atom stereocenters. The summed E-state index contributed by atoms with van der Waals surface area (Å²) in [6, 6.07) is 3.99. The number of ether oxygens (including phenoxy) is 1.